The predicted octanol–water partition coefficient (Wildman–Crippen LogP) is 5.62. The van der Waals surface area contributed by atoms with E-state index < -0.39 is 28.5 Å². The first kappa shape index (κ1) is 32.7. The first-order valence-corrected chi connectivity index (χ1v) is 15.9. The van der Waals surface area contributed by atoms with E-state index >= 15 is 0 Å². The van der Waals surface area contributed by atoms with Crippen LogP contribution in [0, 0.1) is 13.8 Å². The highest BCUT2D eigenvalue weighted by Crippen LogP contribution is 2.27. The molecule has 2 unspecified atom stereocenters. The van der Waals surface area contributed by atoms with Crippen molar-refractivity contribution in [3.8, 4) is 5.75 Å². The number of anilines is 1. The van der Waals surface area contributed by atoms with Crippen molar-refractivity contribution >= 4 is 27.5 Å². The van der Waals surface area contributed by atoms with Gasteiger partial charge in [0.15, 0.2) is 0 Å². The van der Waals surface area contributed by atoms with Gasteiger partial charge in [0.25, 0.3) is 10.0 Å². The molecule has 8 nitrogen and oxygen atoms in total. The van der Waals surface area contributed by atoms with Crippen molar-refractivity contribution in [2.45, 2.75) is 77.9 Å². The van der Waals surface area contributed by atoms with Crippen LogP contribution >= 0.6 is 0 Å². The van der Waals surface area contributed by atoms with Crippen molar-refractivity contribution in [2.24, 2.45) is 0 Å². The maximum Gasteiger partial charge on any atom is 0.264 e. The Kier molecular flexibility index (Phi) is 11.6. The van der Waals surface area contributed by atoms with Crippen molar-refractivity contribution in [1.29, 1.82) is 0 Å². The third-order valence-corrected chi connectivity index (χ3v) is 9.10. The average molecular weight is 594 g/mol. The molecule has 3 aromatic carbocycles. The Hall–Kier alpha value is -3.85. The predicted molar refractivity (Wildman–Crippen MR) is 167 cm³/mol. The molecule has 0 aliphatic carbocycles. The Labute approximate surface area is 250 Å². The third kappa shape index (κ3) is 8.12. The van der Waals surface area contributed by atoms with Gasteiger partial charge in [-0.25, -0.2) is 8.42 Å². The van der Waals surface area contributed by atoms with Gasteiger partial charge in [-0.3, -0.25) is 13.9 Å². The second-order valence-corrected chi connectivity index (χ2v) is 12.3. The molecular weight excluding hydrogens is 550 g/mol. The maximum atomic E-state index is 14.2. The second-order valence-electron chi connectivity index (χ2n) is 10.4. The number of hydrogen-bond donors (Lipinski definition) is 1. The molecule has 0 radical (unpaired) electrons. The number of benzene rings is 3. The number of carbonyl (C=O) groups excluding carboxylic acids is 2. The third-order valence-electron chi connectivity index (χ3n) is 7.31. The van der Waals surface area contributed by atoms with Gasteiger partial charge in [0, 0.05) is 12.6 Å². The molecule has 0 aromatic heterocycles. The summed E-state index contributed by atoms with van der Waals surface area (Å²) in [6, 6.07) is 20.0. The minimum absolute atomic E-state index is 0.0655. The largest absolute Gasteiger partial charge is 0.494 e. The van der Waals surface area contributed by atoms with Crippen LogP contribution in [0.15, 0.2) is 77.7 Å². The SMILES string of the molecule is CCOc1ccc(N(CC(=O)N(Cc2ccccc2C)C(CC)C(=O)NC(C)CC)S(=O)(=O)c2ccc(C)cc2)cc1. The highest BCUT2D eigenvalue weighted by molar-refractivity contribution is 7.92. The first-order chi connectivity index (χ1) is 20.0. The van der Waals surface area contributed by atoms with E-state index in [0.29, 0.717) is 24.5 Å². The number of nitrogens with zero attached hydrogens (tertiary/aromatic N) is 2. The van der Waals surface area contributed by atoms with Gasteiger partial charge >= 0.3 is 0 Å². The van der Waals surface area contributed by atoms with Gasteiger partial charge in [0.05, 0.1) is 17.2 Å². The summed E-state index contributed by atoms with van der Waals surface area (Å²) in [6.45, 7) is 11.6. The Morgan fingerprint density at radius 1 is 0.881 bits per heavy atom. The van der Waals surface area contributed by atoms with Crippen LogP contribution in [0.25, 0.3) is 0 Å². The van der Waals surface area contributed by atoms with Crippen molar-refractivity contribution in [3.05, 3.63) is 89.5 Å². The molecule has 0 saturated carbocycles. The van der Waals surface area contributed by atoms with Crippen LogP contribution < -0.4 is 14.4 Å². The number of hydrogen-bond acceptors (Lipinski definition) is 5. The van der Waals surface area contributed by atoms with Gasteiger partial charge in [0.1, 0.15) is 18.3 Å². The summed E-state index contributed by atoms with van der Waals surface area (Å²) >= 11 is 0. The Bertz CT molecular complexity index is 1440. The van der Waals surface area contributed by atoms with Gasteiger partial charge in [-0.1, -0.05) is 55.8 Å². The molecule has 0 aliphatic rings. The molecule has 2 atom stereocenters. The number of sulfonamides is 1. The van der Waals surface area contributed by atoms with Crippen molar-refractivity contribution in [1.82, 2.24) is 10.2 Å². The highest BCUT2D eigenvalue weighted by atomic mass is 32.2. The van der Waals surface area contributed by atoms with E-state index in [1.54, 1.807) is 36.4 Å². The monoisotopic (exact) mass is 593 g/mol. The van der Waals surface area contributed by atoms with Crippen LogP contribution in [-0.2, 0) is 26.2 Å². The number of aryl methyl sites for hydroxylation is 2. The minimum Gasteiger partial charge on any atom is -0.494 e. The standard InChI is InChI=1S/C33H43N3O5S/c1-7-26(6)34-33(38)31(8-2)35(22-27-13-11-10-12-25(27)5)32(37)23-36(28-16-18-29(19-17-28)41-9-3)42(39,40)30-20-14-24(4)15-21-30/h10-21,26,31H,7-9,22-23H2,1-6H3,(H,34,38). The zero-order chi connectivity index (χ0) is 30.9. The second kappa shape index (κ2) is 14.9. The Morgan fingerprint density at radius 3 is 2.10 bits per heavy atom. The molecule has 3 aromatic rings. The van der Waals surface area contributed by atoms with Crippen molar-refractivity contribution in [3.63, 3.8) is 0 Å². The Balaban J connectivity index is 2.07. The lowest BCUT2D eigenvalue weighted by Gasteiger charge is -2.34. The number of nitrogens with one attached hydrogen (secondary N) is 1. The highest BCUT2D eigenvalue weighted by Gasteiger charge is 2.34. The molecule has 226 valence electrons. The van der Waals surface area contributed by atoms with E-state index in [0.717, 1.165) is 27.4 Å². The first-order valence-electron chi connectivity index (χ1n) is 14.5. The van der Waals surface area contributed by atoms with Gasteiger partial charge in [-0.2, -0.15) is 0 Å². The number of carbonyl (C=O) groups is 2. The van der Waals surface area contributed by atoms with Gasteiger partial charge < -0.3 is 15.0 Å². The summed E-state index contributed by atoms with van der Waals surface area (Å²) < 4.78 is 34.7. The van der Waals surface area contributed by atoms with Gasteiger partial charge in [-0.15, -0.1) is 0 Å². The molecule has 3 rings (SSSR count). The molecule has 0 spiro atoms. The molecule has 0 aliphatic heterocycles. The fraction of sp³-hybridized carbons (Fsp3) is 0.394. The normalized spacial score (nSPS) is 12.7. The van der Waals surface area contributed by atoms with Crippen LogP contribution in [-0.4, -0.2) is 50.4 Å². The quantitative estimate of drug-likeness (QED) is 0.262. The summed E-state index contributed by atoms with van der Waals surface area (Å²) in [5.74, 6) is -0.147. The fourth-order valence-electron chi connectivity index (χ4n) is 4.57. The van der Waals surface area contributed by atoms with Crippen LogP contribution in [0.1, 0.15) is 57.2 Å². The lowest BCUT2D eigenvalue weighted by Crippen LogP contribution is -2.53. The molecule has 0 fully saturated rings. The molecule has 0 saturated heterocycles. The summed E-state index contributed by atoms with van der Waals surface area (Å²) in [4.78, 5) is 29.2. The van der Waals surface area contributed by atoms with E-state index in [2.05, 4.69) is 5.32 Å². The molecule has 0 heterocycles. The topological polar surface area (TPSA) is 96.0 Å². The van der Waals surface area contributed by atoms with E-state index in [1.165, 1.54) is 17.0 Å². The van der Waals surface area contributed by atoms with Crippen LogP contribution in [0.2, 0.25) is 0 Å². The lowest BCUT2D eigenvalue weighted by atomic mass is 10.1. The number of ether oxygens (including phenoxy) is 1. The number of amides is 2. The molecular formula is C33H43N3O5S. The molecule has 0 bridgehead atoms. The van der Waals surface area contributed by atoms with Crippen LogP contribution in [0.5, 0.6) is 5.75 Å². The smallest absolute Gasteiger partial charge is 0.264 e. The van der Waals surface area contributed by atoms with E-state index in [-0.39, 0.29) is 23.4 Å². The van der Waals surface area contributed by atoms with Crippen molar-refractivity contribution < 1.29 is 22.7 Å². The average Bonchev–Trinajstić information content (AvgIpc) is 2.97. The summed E-state index contributed by atoms with van der Waals surface area (Å²) in [7, 11) is -4.14. The molecule has 42 heavy (non-hydrogen) atoms. The van der Waals surface area contributed by atoms with Gasteiger partial charge in [-0.05, 0) is 88.1 Å². The van der Waals surface area contributed by atoms with Crippen molar-refractivity contribution in [2.75, 3.05) is 17.5 Å². The summed E-state index contributed by atoms with van der Waals surface area (Å²) in [5, 5.41) is 3.00. The minimum atomic E-state index is -4.14. The van der Waals surface area contributed by atoms with E-state index in [9.17, 15) is 18.0 Å². The van der Waals surface area contributed by atoms with E-state index in [1.807, 2.05) is 65.8 Å². The summed E-state index contributed by atoms with van der Waals surface area (Å²) in [5.41, 5.74) is 3.10. The maximum absolute atomic E-state index is 14.2. The molecule has 1 N–H and O–H groups in total. The van der Waals surface area contributed by atoms with Gasteiger partial charge in [0.2, 0.25) is 11.8 Å². The molecule has 9 heteroatoms. The Morgan fingerprint density at radius 2 is 1.52 bits per heavy atom. The van der Waals surface area contributed by atoms with Crippen LogP contribution in [0.3, 0.4) is 0 Å². The zero-order valence-corrected chi connectivity index (χ0v) is 26.3. The summed E-state index contributed by atoms with van der Waals surface area (Å²) in [6.07, 6.45) is 1.11. The molecule has 2 amide bonds. The van der Waals surface area contributed by atoms with E-state index in [4.69, 9.17) is 4.74 Å². The number of rotatable bonds is 14. The van der Waals surface area contributed by atoms with Crippen LogP contribution in [0.4, 0.5) is 5.69 Å². The lowest BCUT2D eigenvalue weighted by molar-refractivity contribution is -0.140. The zero-order valence-electron chi connectivity index (χ0n) is 25.5. The fourth-order valence-corrected chi connectivity index (χ4v) is 5.99.